The first-order valence-corrected chi connectivity index (χ1v) is 6.86. The van der Waals surface area contributed by atoms with Crippen molar-refractivity contribution >= 4 is 17.6 Å². The molecule has 0 radical (unpaired) electrons. The summed E-state index contributed by atoms with van der Waals surface area (Å²) in [5.74, 6) is -0.917. The average Bonchev–Trinajstić information content (AvgIpc) is 3.05. The summed E-state index contributed by atoms with van der Waals surface area (Å²) in [5, 5.41) is 11.8. The van der Waals surface area contributed by atoms with Gasteiger partial charge in [0, 0.05) is 12.3 Å². The number of nitrogens with one attached hydrogen (secondary N) is 1. The van der Waals surface area contributed by atoms with Crippen LogP contribution in [0.2, 0.25) is 0 Å². The van der Waals surface area contributed by atoms with Crippen molar-refractivity contribution in [3.05, 3.63) is 29.8 Å². The number of carbonyl (C=O) groups is 2. The second-order valence-corrected chi connectivity index (χ2v) is 5.46. The molecule has 3 rings (SSSR count). The second kappa shape index (κ2) is 5.25. The molecule has 106 valence electrons. The fourth-order valence-corrected chi connectivity index (χ4v) is 2.64. The molecule has 1 amide bonds. The number of carboxylic acids is 1. The lowest BCUT2D eigenvalue weighted by atomic mass is 10.1. The van der Waals surface area contributed by atoms with Gasteiger partial charge in [0.15, 0.2) is 0 Å². The highest BCUT2D eigenvalue weighted by Crippen LogP contribution is 2.47. The molecule has 3 atom stereocenters. The Morgan fingerprint density at radius 3 is 2.55 bits per heavy atom. The Hall–Kier alpha value is -1.88. The van der Waals surface area contributed by atoms with E-state index in [1.807, 2.05) is 24.3 Å². The maximum absolute atomic E-state index is 11.9. The van der Waals surface area contributed by atoms with E-state index >= 15 is 0 Å². The fraction of sp³-hybridized carbons (Fsp3) is 0.467. The van der Waals surface area contributed by atoms with Crippen LogP contribution >= 0.6 is 0 Å². The fourth-order valence-electron chi connectivity index (χ4n) is 2.64. The van der Waals surface area contributed by atoms with E-state index in [-0.39, 0.29) is 23.7 Å². The minimum atomic E-state index is -0.728. The van der Waals surface area contributed by atoms with E-state index in [4.69, 9.17) is 9.84 Å². The van der Waals surface area contributed by atoms with Crippen molar-refractivity contribution in [2.24, 2.45) is 11.8 Å². The summed E-state index contributed by atoms with van der Waals surface area (Å²) in [5.41, 5.74) is 1.78. The zero-order chi connectivity index (χ0) is 14.1. The molecule has 1 aliphatic carbocycles. The molecular formula is C15H17NO4. The van der Waals surface area contributed by atoms with Gasteiger partial charge in [0.25, 0.3) is 0 Å². The summed E-state index contributed by atoms with van der Waals surface area (Å²) in [6.45, 7) is 1.14. The van der Waals surface area contributed by atoms with Crippen LogP contribution in [0.3, 0.4) is 0 Å². The highest BCUT2D eigenvalue weighted by molar-refractivity contribution is 5.92. The number of anilines is 1. The molecule has 2 aliphatic rings. The molecule has 0 aromatic heterocycles. The van der Waals surface area contributed by atoms with Gasteiger partial charge in [0.2, 0.25) is 5.91 Å². The van der Waals surface area contributed by atoms with Crippen molar-refractivity contribution < 1.29 is 19.4 Å². The molecule has 5 heteroatoms. The standard InChI is InChI=1S/C15H17NO4/c17-14(10-5-6-20-8-10)16-11-3-1-9(2-4-11)12-7-13(12)15(18)19/h1-4,10,12-13H,5-8H2,(H,16,17)(H,18,19)/t10?,12-,13+/m0/s1. The first-order chi connectivity index (χ1) is 9.65. The third-order valence-corrected chi connectivity index (χ3v) is 4.01. The topological polar surface area (TPSA) is 75.6 Å². The number of ether oxygens (including phenoxy) is 1. The number of aliphatic carboxylic acids is 1. The minimum absolute atomic E-state index is 0.00918. The summed E-state index contributed by atoms with van der Waals surface area (Å²) in [4.78, 5) is 22.8. The highest BCUT2D eigenvalue weighted by Gasteiger charge is 2.44. The maximum Gasteiger partial charge on any atom is 0.307 e. The zero-order valence-corrected chi connectivity index (χ0v) is 11.0. The average molecular weight is 275 g/mol. The molecule has 2 N–H and O–H groups in total. The van der Waals surface area contributed by atoms with E-state index in [9.17, 15) is 9.59 Å². The number of hydrogen-bond donors (Lipinski definition) is 2. The van der Waals surface area contributed by atoms with E-state index < -0.39 is 5.97 Å². The van der Waals surface area contributed by atoms with Crippen LogP contribution in [-0.4, -0.2) is 30.2 Å². The summed E-state index contributed by atoms with van der Waals surface area (Å²) in [7, 11) is 0. The second-order valence-electron chi connectivity index (χ2n) is 5.46. The lowest BCUT2D eigenvalue weighted by Gasteiger charge is -2.09. The number of carboxylic acid groups (broad SMARTS) is 1. The van der Waals surface area contributed by atoms with Crippen molar-refractivity contribution in [2.45, 2.75) is 18.8 Å². The first kappa shape index (κ1) is 13.1. The van der Waals surface area contributed by atoms with Gasteiger partial charge in [-0.3, -0.25) is 9.59 Å². The van der Waals surface area contributed by atoms with Gasteiger partial charge in [-0.1, -0.05) is 12.1 Å². The van der Waals surface area contributed by atoms with Crippen molar-refractivity contribution in [1.29, 1.82) is 0 Å². The van der Waals surface area contributed by atoms with E-state index in [1.54, 1.807) is 0 Å². The summed E-state index contributed by atoms with van der Waals surface area (Å²) in [6.07, 6.45) is 1.48. The summed E-state index contributed by atoms with van der Waals surface area (Å²) < 4.78 is 5.19. The molecule has 1 unspecified atom stereocenters. The lowest BCUT2D eigenvalue weighted by molar-refractivity contribution is -0.138. The smallest absolute Gasteiger partial charge is 0.307 e. The molecule has 1 saturated carbocycles. The SMILES string of the molecule is O=C(Nc1ccc([C@@H]2C[C@H]2C(=O)O)cc1)C1CCOC1. The van der Waals surface area contributed by atoms with Crippen LogP contribution in [0.4, 0.5) is 5.69 Å². The van der Waals surface area contributed by atoms with Crippen LogP contribution in [0.15, 0.2) is 24.3 Å². The summed E-state index contributed by atoms with van der Waals surface area (Å²) in [6, 6.07) is 7.46. The molecule has 1 aromatic carbocycles. The molecule has 1 aromatic rings. The molecule has 0 spiro atoms. The van der Waals surface area contributed by atoms with Gasteiger partial charge in [0.1, 0.15) is 0 Å². The number of benzene rings is 1. The number of carbonyl (C=O) groups excluding carboxylic acids is 1. The zero-order valence-electron chi connectivity index (χ0n) is 11.0. The van der Waals surface area contributed by atoms with Gasteiger partial charge in [0.05, 0.1) is 18.4 Å². The summed E-state index contributed by atoms with van der Waals surface area (Å²) >= 11 is 0. The van der Waals surface area contributed by atoms with E-state index in [1.165, 1.54) is 0 Å². The Morgan fingerprint density at radius 2 is 2.00 bits per heavy atom. The Morgan fingerprint density at radius 1 is 1.25 bits per heavy atom. The van der Waals surface area contributed by atoms with Crippen LogP contribution in [0.25, 0.3) is 0 Å². The van der Waals surface area contributed by atoms with Crippen LogP contribution in [-0.2, 0) is 14.3 Å². The molecule has 5 nitrogen and oxygen atoms in total. The van der Waals surface area contributed by atoms with Gasteiger partial charge >= 0.3 is 5.97 Å². The Balaban J connectivity index is 1.59. The molecule has 2 fully saturated rings. The molecule has 1 aliphatic heterocycles. The molecule has 0 bridgehead atoms. The van der Waals surface area contributed by atoms with Crippen molar-refractivity contribution in [2.75, 3.05) is 18.5 Å². The van der Waals surface area contributed by atoms with Gasteiger partial charge in [-0.25, -0.2) is 0 Å². The third kappa shape index (κ3) is 2.67. The van der Waals surface area contributed by atoms with Gasteiger partial charge in [-0.05, 0) is 36.5 Å². The maximum atomic E-state index is 11.9. The van der Waals surface area contributed by atoms with Crippen molar-refractivity contribution in [3.8, 4) is 0 Å². The highest BCUT2D eigenvalue weighted by atomic mass is 16.5. The quantitative estimate of drug-likeness (QED) is 0.879. The third-order valence-electron chi connectivity index (χ3n) is 4.01. The van der Waals surface area contributed by atoms with Crippen molar-refractivity contribution in [1.82, 2.24) is 0 Å². The first-order valence-electron chi connectivity index (χ1n) is 6.86. The Labute approximate surface area is 116 Å². The van der Waals surface area contributed by atoms with Crippen LogP contribution < -0.4 is 5.32 Å². The van der Waals surface area contributed by atoms with E-state index in [0.717, 1.165) is 17.7 Å². The van der Waals surface area contributed by atoms with Crippen LogP contribution in [0.1, 0.15) is 24.3 Å². The van der Waals surface area contributed by atoms with Crippen LogP contribution in [0, 0.1) is 11.8 Å². The van der Waals surface area contributed by atoms with E-state index in [0.29, 0.717) is 19.6 Å². The normalized spacial score (nSPS) is 28.1. The largest absolute Gasteiger partial charge is 0.481 e. The number of rotatable bonds is 4. The number of hydrogen-bond acceptors (Lipinski definition) is 3. The molecule has 1 heterocycles. The molecular weight excluding hydrogens is 258 g/mol. The predicted molar refractivity (Wildman–Crippen MR) is 72.5 cm³/mol. The minimum Gasteiger partial charge on any atom is -0.481 e. The number of amides is 1. The van der Waals surface area contributed by atoms with Gasteiger partial charge < -0.3 is 15.2 Å². The van der Waals surface area contributed by atoms with Crippen molar-refractivity contribution in [3.63, 3.8) is 0 Å². The Bertz CT molecular complexity index is 519. The molecule has 20 heavy (non-hydrogen) atoms. The molecule has 1 saturated heterocycles. The Kier molecular flexibility index (Phi) is 3.44. The van der Waals surface area contributed by atoms with Gasteiger partial charge in [-0.15, -0.1) is 0 Å². The van der Waals surface area contributed by atoms with Gasteiger partial charge in [-0.2, -0.15) is 0 Å². The lowest BCUT2D eigenvalue weighted by Crippen LogP contribution is -2.22. The van der Waals surface area contributed by atoms with Crippen LogP contribution in [0.5, 0.6) is 0 Å². The van der Waals surface area contributed by atoms with E-state index in [2.05, 4.69) is 5.32 Å². The predicted octanol–water partition coefficient (Wildman–Crippen LogP) is 1.85. The monoisotopic (exact) mass is 275 g/mol.